The van der Waals surface area contributed by atoms with Crippen molar-refractivity contribution >= 4 is 5.97 Å². The van der Waals surface area contributed by atoms with Gasteiger partial charge in [-0.2, -0.15) is 0 Å². The van der Waals surface area contributed by atoms with Gasteiger partial charge in [0.1, 0.15) is 0 Å². The van der Waals surface area contributed by atoms with Crippen LogP contribution in [0.4, 0.5) is 0 Å². The number of aromatic hydroxyl groups is 1. The first-order chi connectivity index (χ1) is 9.74. The highest BCUT2D eigenvalue weighted by molar-refractivity contribution is 5.87. The monoisotopic (exact) mass is 291 g/mol. The molecule has 0 spiro atoms. The number of aromatic nitrogens is 1. The maximum absolute atomic E-state index is 10.9. The van der Waals surface area contributed by atoms with E-state index in [0.29, 0.717) is 5.56 Å². The zero-order valence-corrected chi connectivity index (χ0v) is 12.3. The molecule has 2 rings (SSSR count). The van der Waals surface area contributed by atoms with Gasteiger partial charge in [-0.3, -0.25) is 0 Å². The van der Waals surface area contributed by atoms with Crippen LogP contribution in [-0.2, 0) is 5.41 Å². The first-order valence-electron chi connectivity index (χ1n) is 6.36. The van der Waals surface area contributed by atoms with Crippen LogP contribution in [0.2, 0.25) is 0 Å². The SMILES string of the molecule is COc1c(O)cc(C(C)(C)C)cc1-c1cc(C(=O)O)no1. The van der Waals surface area contributed by atoms with Gasteiger partial charge in [0.25, 0.3) is 0 Å². The van der Waals surface area contributed by atoms with Crippen molar-refractivity contribution < 1.29 is 24.3 Å². The lowest BCUT2D eigenvalue weighted by Gasteiger charge is -2.21. The van der Waals surface area contributed by atoms with Gasteiger partial charge >= 0.3 is 5.97 Å². The molecule has 21 heavy (non-hydrogen) atoms. The summed E-state index contributed by atoms with van der Waals surface area (Å²) >= 11 is 0. The Balaban J connectivity index is 2.64. The van der Waals surface area contributed by atoms with Crippen LogP contribution in [0, 0.1) is 0 Å². The molecule has 112 valence electrons. The molecule has 0 aliphatic carbocycles. The Kier molecular flexibility index (Phi) is 3.63. The van der Waals surface area contributed by atoms with Gasteiger partial charge in [0.15, 0.2) is 23.0 Å². The first-order valence-corrected chi connectivity index (χ1v) is 6.36. The van der Waals surface area contributed by atoms with Crippen LogP contribution in [0.5, 0.6) is 11.5 Å². The molecule has 2 aromatic rings. The number of ether oxygens (including phenoxy) is 1. The van der Waals surface area contributed by atoms with Gasteiger partial charge in [-0.15, -0.1) is 0 Å². The summed E-state index contributed by atoms with van der Waals surface area (Å²) in [6, 6.07) is 4.72. The standard InChI is InChI=1S/C15H17NO5/c1-15(2,3)8-5-9(13(20-4)11(17)6-8)12-7-10(14(18)19)16-21-12/h5-7,17H,1-4H3,(H,18,19). The minimum Gasteiger partial charge on any atom is -0.504 e. The highest BCUT2D eigenvalue weighted by Gasteiger charge is 2.23. The second-order valence-corrected chi connectivity index (χ2v) is 5.71. The summed E-state index contributed by atoms with van der Waals surface area (Å²) < 4.78 is 10.2. The molecule has 1 aromatic carbocycles. The quantitative estimate of drug-likeness (QED) is 0.902. The molecule has 6 heteroatoms. The Bertz CT molecular complexity index is 682. The Morgan fingerprint density at radius 2 is 1.95 bits per heavy atom. The van der Waals surface area contributed by atoms with Crippen molar-refractivity contribution in [3.05, 3.63) is 29.5 Å². The Labute approximate surface area is 122 Å². The second kappa shape index (κ2) is 5.12. The minimum atomic E-state index is -1.18. The third kappa shape index (κ3) is 2.84. The van der Waals surface area contributed by atoms with E-state index in [1.54, 1.807) is 12.1 Å². The van der Waals surface area contributed by atoms with Gasteiger partial charge in [0, 0.05) is 6.07 Å². The Hall–Kier alpha value is -2.50. The highest BCUT2D eigenvalue weighted by Crippen LogP contribution is 2.41. The number of carbonyl (C=O) groups is 1. The highest BCUT2D eigenvalue weighted by atomic mass is 16.5. The lowest BCUT2D eigenvalue weighted by molar-refractivity contribution is 0.0686. The van der Waals surface area contributed by atoms with Crippen molar-refractivity contribution in [2.75, 3.05) is 7.11 Å². The van der Waals surface area contributed by atoms with Crippen molar-refractivity contribution in [1.82, 2.24) is 5.16 Å². The molecular weight excluding hydrogens is 274 g/mol. The van der Waals surface area contributed by atoms with Crippen molar-refractivity contribution in [2.45, 2.75) is 26.2 Å². The van der Waals surface area contributed by atoms with E-state index in [1.165, 1.54) is 13.2 Å². The molecule has 0 fully saturated rings. The number of methoxy groups -OCH3 is 1. The van der Waals surface area contributed by atoms with Crippen molar-refractivity contribution in [3.63, 3.8) is 0 Å². The number of phenols is 1. The zero-order valence-electron chi connectivity index (χ0n) is 12.3. The summed E-state index contributed by atoms with van der Waals surface area (Å²) in [6.07, 6.45) is 0. The topological polar surface area (TPSA) is 92.8 Å². The van der Waals surface area contributed by atoms with Crippen LogP contribution in [0.3, 0.4) is 0 Å². The van der Waals surface area contributed by atoms with Crippen LogP contribution >= 0.6 is 0 Å². The number of aromatic carboxylic acids is 1. The van der Waals surface area contributed by atoms with Crippen molar-refractivity contribution in [2.24, 2.45) is 0 Å². The number of nitrogens with zero attached hydrogens (tertiary/aromatic N) is 1. The molecule has 0 saturated carbocycles. The summed E-state index contributed by atoms with van der Waals surface area (Å²) in [6.45, 7) is 6.00. The molecule has 0 saturated heterocycles. The van der Waals surface area contributed by atoms with Gasteiger partial charge in [0.2, 0.25) is 0 Å². The molecule has 1 heterocycles. The van der Waals surface area contributed by atoms with E-state index in [4.69, 9.17) is 14.4 Å². The van der Waals surface area contributed by atoms with Crippen LogP contribution in [0.1, 0.15) is 36.8 Å². The molecule has 0 bridgehead atoms. The Morgan fingerprint density at radius 1 is 1.29 bits per heavy atom. The molecule has 0 unspecified atom stereocenters. The van der Waals surface area contributed by atoms with E-state index < -0.39 is 5.97 Å². The van der Waals surface area contributed by atoms with Crippen LogP contribution in [0.15, 0.2) is 22.7 Å². The largest absolute Gasteiger partial charge is 0.504 e. The predicted molar refractivity (Wildman–Crippen MR) is 75.8 cm³/mol. The van der Waals surface area contributed by atoms with E-state index in [2.05, 4.69) is 5.16 Å². The predicted octanol–water partition coefficient (Wildman–Crippen LogP) is 3.05. The number of hydrogen-bond donors (Lipinski definition) is 2. The molecule has 0 aliphatic heterocycles. The van der Waals surface area contributed by atoms with Gasteiger partial charge in [-0.05, 0) is 23.1 Å². The van der Waals surface area contributed by atoms with Crippen molar-refractivity contribution in [1.29, 1.82) is 0 Å². The summed E-state index contributed by atoms with van der Waals surface area (Å²) in [5, 5.41) is 22.5. The summed E-state index contributed by atoms with van der Waals surface area (Å²) in [4.78, 5) is 10.9. The van der Waals surface area contributed by atoms with Crippen LogP contribution < -0.4 is 4.74 Å². The second-order valence-electron chi connectivity index (χ2n) is 5.71. The third-order valence-electron chi connectivity index (χ3n) is 3.13. The molecular formula is C15H17NO5. The summed E-state index contributed by atoms with van der Waals surface area (Å²) in [5.74, 6) is -0.768. The zero-order chi connectivity index (χ0) is 15.8. The minimum absolute atomic E-state index is 0.0341. The fourth-order valence-corrected chi connectivity index (χ4v) is 1.95. The smallest absolute Gasteiger partial charge is 0.358 e. The molecule has 1 aromatic heterocycles. The normalized spacial score (nSPS) is 11.4. The molecule has 2 N–H and O–H groups in total. The maximum atomic E-state index is 10.9. The molecule has 0 amide bonds. The van der Waals surface area contributed by atoms with Gasteiger partial charge < -0.3 is 19.5 Å². The molecule has 6 nitrogen and oxygen atoms in total. The fourth-order valence-electron chi connectivity index (χ4n) is 1.95. The van der Waals surface area contributed by atoms with Gasteiger partial charge in [0.05, 0.1) is 12.7 Å². The van der Waals surface area contributed by atoms with E-state index in [-0.39, 0.29) is 28.4 Å². The first kappa shape index (κ1) is 14.9. The average Bonchev–Trinajstić information content (AvgIpc) is 2.86. The number of hydrogen-bond acceptors (Lipinski definition) is 5. The number of carboxylic acids is 1. The van der Waals surface area contributed by atoms with Crippen LogP contribution in [-0.4, -0.2) is 28.4 Å². The van der Waals surface area contributed by atoms with E-state index in [9.17, 15) is 9.90 Å². The van der Waals surface area contributed by atoms with E-state index >= 15 is 0 Å². The van der Waals surface area contributed by atoms with Crippen molar-refractivity contribution in [3.8, 4) is 22.8 Å². The Morgan fingerprint density at radius 3 is 2.43 bits per heavy atom. The van der Waals surface area contributed by atoms with Gasteiger partial charge in [-0.1, -0.05) is 25.9 Å². The average molecular weight is 291 g/mol. The number of carboxylic acid groups (broad SMARTS) is 1. The number of rotatable bonds is 3. The summed E-state index contributed by atoms with van der Waals surface area (Å²) in [5.41, 5.74) is 0.924. The van der Waals surface area contributed by atoms with Gasteiger partial charge in [-0.25, -0.2) is 4.79 Å². The van der Waals surface area contributed by atoms with Crippen LogP contribution in [0.25, 0.3) is 11.3 Å². The molecule has 0 atom stereocenters. The summed E-state index contributed by atoms with van der Waals surface area (Å²) in [7, 11) is 1.42. The molecule has 0 radical (unpaired) electrons. The lowest BCUT2D eigenvalue weighted by atomic mass is 9.85. The number of phenolic OH excluding ortho intramolecular Hbond substituents is 1. The lowest BCUT2D eigenvalue weighted by Crippen LogP contribution is -2.11. The third-order valence-corrected chi connectivity index (χ3v) is 3.13. The maximum Gasteiger partial charge on any atom is 0.358 e. The number of benzene rings is 1. The van der Waals surface area contributed by atoms with E-state index in [1.807, 2.05) is 20.8 Å². The fraction of sp³-hybridized carbons (Fsp3) is 0.333. The molecule has 0 aliphatic rings. The van der Waals surface area contributed by atoms with E-state index in [0.717, 1.165) is 5.56 Å².